The Hall–Kier alpha value is -2.34. The molecule has 0 unspecified atom stereocenters. The fraction of sp³-hybridized carbons (Fsp3) is 0.143. The summed E-state index contributed by atoms with van der Waals surface area (Å²) in [7, 11) is 0. The topological polar surface area (TPSA) is 75.6 Å². The zero-order chi connectivity index (χ0) is 14.5. The molecule has 0 saturated heterocycles. The van der Waals surface area contributed by atoms with Gasteiger partial charge in [-0.2, -0.15) is 0 Å². The second kappa shape index (κ2) is 6.21. The number of hydrogen-bond acceptors (Lipinski definition) is 4. The zero-order valence-electron chi connectivity index (χ0n) is 10.8. The molecule has 0 saturated carbocycles. The molecule has 5 nitrogen and oxygen atoms in total. The summed E-state index contributed by atoms with van der Waals surface area (Å²) in [6.07, 6.45) is 0. The van der Waals surface area contributed by atoms with Gasteiger partial charge in [-0.25, -0.2) is 4.79 Å². The summed E-state index contributed by atoms with van der Waals surface area (Å²) in [5.41, 5.74) is 0.628. The van der Waals surface area contributed by atoms with Crippen molar-refractivity contribution in [3.63, 3.8) is 0 Å². The number of rotatable bonds is 5. The van der Waals surface area contributed by atoms with E-state index in [1.165, 1.54) is 11.3 Å². The van der Waals surface area contributed by atoms with Gasteiger partial charge in [0.1, 0.15) is 5.75 Å². The summed E-state index contributed by atoms with van der Waals surface area (Å²) in [6.45, 7) is 1.55. The number of anilines is 1. The van der Waals surface area contributed by atoms with Gasteiger partial charge in [0.15, 0.2) is 6.61 Å². The van der Waals surface area contributed by atoms with E-state index in [-0.39, 0.29) is 12.5 Å². The summed E-state index contributed by atoms with van der Waals surface area (Å²) in [6, 6.07) is 10.2. The molecule has 0 aliphatic heterocycles. The molecule has 0 aliphatic carbocycles. The van der Waals surface area contributed by atoms with Crippen LogP contribution in [-0.2, 0) is 4.79 Å². The highest BCUT2D eigenvalue weighted by molar-refractivity contribution is 7.14. The maximum Gasteiger partial charge on any atom is 0.341 e. The number of aliphatic carboxylic acids is 1. The van der Waals surface area contributed by atoms with Crippen molar-refractivity contribution in [1.82, 2.24) is 0 Å². The van der Waals surface area contributed by atoms with Crippen molar-refractivity contribution in [1.29, 1.82) is 0 Å². The van der Waals surface area contributed by atoms with Crippen LogP contribution in [0.1, 0.15) is 14.5 Å². The SMILES string of the molecule is Cc1ccc(C(=O)Nc2ccc(OCC(=O)O)cc2)s1. The monoisotopic (exact) mass is 291 g/mol. The van der Waals surface area contributed by atoms with Crippen LogP contribution in [0, 0.1) is 6.92 Å². The van der Waals surface area contributed by atoms with Crippen molar-refractivity contribution in [3.05, 3.63) is 46.2 Å². The number of carboxylic acids is 1. The first-order valence-corrected chi connectivity index (χ1v) is 6.69. The van der Waals surface area contributed by atoms with E-state index in [4.69, 9.17) is 9.84 Å². The van der Waals surface area contributed by atoms with Crippen LogP contribution in [0.15, 0.2) is 36.4 Å². The highest BCUT2D eigenvalue weighted by Crippen LogP contribution is 2.19. The molecule has 0 bridgehead atoms. The van der Waals surface area contributed by atoms with Gasteiger partial charge < -0.3 is 15.2 Å². The van der Waals surface area contributed by atoms with Gasteiger partial charge in [0.2, 0.25) is 0 Å². The minimum Gasteiger partial charge on any atom is -0.482 e. The second-order valence-corrected chi connectivity index (χ2v) is 5.36. The summed E-state index contributed by atoms with van der Waals surface area (Å²) >= 11 is 1.43. The van der Waals surface area contributed by atoms with E-state index < -0.39 is 5.97 Å². The lowest BCUT2D eigenvalue weighted by atomic mass is 10.3. The number of carboxylic acid groups (broad SMARTS) is 1. The van der Waals surface area contributed by atoms with Gasteiger partial charge in [0, 0.05) is 10.6 Å². The first-order chi connectivity index (χ1) is 9.54. The molecule has 2 rings (SSSR count). The molecule has 6 heteroatoms. The van der Waals surface area contributed by atoms with Crippen LogP contribution in [0.3, 0.4) is 0 Å². The van der Waals surface area contributed by atoms with Gasteiger partial charge in [-0.3, -0.25) is 4.79 Å². The minimum absolute atomic E-state index is 0.165. The van der Waals surface area contributed by atoms with Gasteiger partial charge in [0.25, 0.3) is 5.91 Å². The van der Waals surface area contributed by atoms with E-state index in [2.05, 4.69) is 5.32 Å². The Morgan fingerprint density at radius 2 is 1.90 bits per heavy atom. The molecule has 0 fully saturated rings. The molecule has 0 aliphatic rings. The van der Waals surface area contributed by atoms with Crippen LogP contribution >= 0.6 is 11.3 Å². The molecule has 2 aromatic rings. The maximum absolute atomic E-state index is 11.9. The number of amides is 1. The Balaban J connectivity index is 1.96. The van der Waals surface area contributed by atoms with Crippen molar-refractivity contribution in [2.75, 3.05) is 11.9 Å². The normalized spacial score (nSPS) is 10.1. The molecule has 0 atom stereocenters. The largest absolute Gasteiger partial charge is 0.482 e. The van der Waals surface area contributed by atoms with Crippen molar-refractivity contribution >= 4 is 28.9 Å². The molecule has 104 valence electrons. The number of carbonyl (C=O) groups is 2. The molecule has 1 aromatic heterocycles. The highest BCUT2D eigenvalue weighted by Gasteiger charge is 2.08. The third-order valence-electron chi connectivity index (χ3n) is 2.44. The predicted octanol–water partition coefficient (Wildman–Crippen LogP) is 2.77. The summed E-state index contributed by atoms with van der Waals surface area (Å²) in [5, 5.41) is 11.3. The van der Waals surface area contributed by atoms with E-state index >= 15 is 0 Å². The first kappa shape index (κ1) is 14.1. The van der Waals surface area contributed by atoms with Gasteiger partial charge in [-0.15, -0.1) is 11.3 Å². The number of thiophene rings is 1. The first-order valence-electron chi connectivity index (χ1n) is 5.87. The smallest absolute Gasteiger partial charge is 0.341 e. The van der Waals surface area contributed by atoms with Crippen LogP contribution < -0.4 is 10.1 Å². The molecular weight excluding hydrogens is 278 g/mol. The van der Waals surface area contributed by atoms with Crippen molar-refractivity contribution in [2.24, 2.45) is 0 Å². The Kier molecular flexibility index (Phi) is 4.37. The summed E-state index contributed by atoms with van der Waals surface area (Å²) in [4.78, 5) is 24.0. The van der Waals surface area contributed by atoms with Crippen molar-refractivity contribution < 1.29 is 19.4 Å². The highest BCUT2D eigenvalue weighted by atomic mass is 32.1. The lowest BCUT2D eigenvalue weighted by molar-refractivity contribution is -0.139. The Morgan fingerprint density at radius 3 is 2.45 bits per heavy atom. The number of aryl methyl sites for hydroxylation is 1. The number of carbonyl (C=O) groups excluding carboxylic acids is 1. The molecule has 0 radical (unpaired) electrons. The van der Waals surface area contributed by atoms with Gasteiger partial charge in [-0.1, -0.05) is 0 Å². The molecule has 1 heterocycles. The van der Waals surface area contributed by atoms with E-state index in [1.54, 1.807) is 30.3 Å². The second-order valence-electron chi connectivity index (χ2n) is 4.07. The Labute approximate surface area is 119 Å². The Morgan fingerprint density at radius 1 is 1.20 bits per heavy atom. The van der Waals surface area contributed by atoms with Crippen molar-refractivity contribution in [3.8, 4) is 5.75 Å². The lowest BCUT2D eigenvalue weighted by Crippen LogP contribution is -2.11. The molecule has 1 amide bonds. The third-order valence-corrected chi connectivity index (χ3v) is 3.44. The lowest BCUT2D eigenvalue weighted by Gasteiger charge is -2.06. The third kappa shape index (κ3) is 3.83. The van der Waals surface area contributed by atoms with Gasteiger partial charge in [0.05, 0.1) is 4.88 Å². The van der Waals surface area contributed by atoms with Crippen LogP contribution in [-0.4, -0.2) is 23.6 Å². The average Bonchev–Trinajstić information content (AvgIpc) is 2.85. The van der Waals surface area contributed by atoms with Gasteiger partial charge in [-0.05, 0) is 43.3 Å². The fourth-order valence-electron chi connectivity index (χ4n) is 1.53. The van der Waals surface area contributed by atoms with E-state index in [1.807, 2.05) is 13.0 Å². The average molecular weight is 291 g/mol. The van der Waals surface area contributed by atoms with Crippen molar-refractivity contribution in [2.45, 2.75) is 6.92 Å². The van der Waals surface area contributed by atoms with E-state index in [0.717, 1.165) is 4.88 Å². The molecule has 20 heavy (non-hydrogen) atoms. The Bertz CT molecular complexity index is 618. The molecule has 2 N–H and O–H groups in total. The number of hydrogen-bond donors (Lipinski definition) is 2. The molecule has 1 aromatic carbocycles. The number of benzene rings is 1. The number of ether oxygens (including phenoxy) is 1. The molecular formula is C14H13NO4S. The quantitative estimate of drug-likeness (QED) is 0.888. The summed E-state index contributed by atoms with van der Waals surface area (Å²) in [5.74, 6) is -0.755. The standard InChI is InChI=1S/C14H13NO4S/c1-9-2-7-12(20-9)14(18)15-10-3-5-11(6-4-10)19-8-13(16)17/h2-7H,8H2,1H3,(H,15,18)(H,16,17). The fourth-order valence-corrected chi connectivity index (χ4v) is 2.29. The summed E-state index contributed by atoms with van der Waals surface area (Å²) < 4.78 is 5.01. The van der Waals surface area contributed by atoms with E-state index in [9.17, 15) is 9.59 Å². The van der Waals surface area contributed by atoms with E-state index in [0.29, 0.717) is 16.3 Å². The molecule has 0 spiro atoms. The van der Waals surface area contributed by atoms with Crippen LogP contribution in [0.25, 0.3) is 0 Å². The van der Waals surface area contributed by atoms with Crippen LogP contribution in [0.5, 0.6) is 5.75 Å². The van der Waals surface area contributed by atoms with Crippen LogP contribution in [0.4, 0.5) is 5.69 Å². The van der Waals surface area contributed by atoms with Gasteiger partial charge >= 0.3 is 5.97 Å². The minimum atomic E-state index is -1.03. The van der Waals surface area contributed by atoms with Crippen LogP contribution in [0.2, 0.25) is 0 Å². The number of nitrogens with one attached hydrogen (secondary N) is 1. The zero-order valence-corrected chi connectivity index (χ0v) is 11.6. The maximum atomic E-state index is 11.9. The predicted molar refractivity (Wildman–Crippen MR) is 76.6 cm³/mol.